The van der Waals surface area contributed by atoms with Gasteiger partial charge in [0.25, 0.3) is 0 Å². The molecule has 0 atom stereocenters. The maximum atomic E-state index is 12.2. The Morgan fingerprint density at radius 1 is 0.893 bits per heavy atom. The molecule has 2 aromatic rings. The zero-order valence-electron chi connectivity index (χ0n) is 16.7. The molecule has 0 saturated carbocycles. The number of hydrogen-bond donors (Lipinski definition) is 2. The first-order valence-electron chi connectivity index (χ1n) is 9.78. The van der Waals surface area contributed by atoms with E-state index in [1.54, 1.807) is 6.07 Å². The number of carbonyl (C=O) groups excluding carboxylic acids is 1. The molecule has 0 spiro atoms. The summed E-state index contributed by atoms with van der Waals surface area (Å²) in [4.78, 5) is 12.2. The van der Waals surface area contributed by atoms with Gasteiger partial charge in [-0.3, -0.25) is 4.79 Å². The molecule has 0 aliphatic carbocycles. The van der Waals surface area contributed by atoms with Gasteiger partial charge >= 0.3 is 0 Å². The van der Waals surface area contributed by atoms with E-state index < -0.39 is 0 Å². The summed E-state index contributed by atoms with van der Waals surface area (Å²) in [5.74, 6) is 1.36. The molecule has 0 unspecified atom stereocenters. The maximum Gasteiger partial charge on any atom is 0.243 e. The highest BCUT2D eigenvalue weighted by molar-refractivity contribution is 5.93. The van der Waals surface area contributed by atoms with Gasteiger partial charge in [-0.1, -0.05) is 25.5 Å². The van der Waals surface area contributed by atoms with E-state index in [0.29, 0.717) is 37.9 Å². The summed E-state index contributed by atoms with van der Waals surface area (Å²) in [5, 5.41) is 5.99. The fourth-order valence-electron chi connectivity index (χ4n) is 2.44. The van der Waals surface area contributed by atoms with Gasteiger partial charge in [0, 0.05) is 30.1 Å². The molecule has 0 aliphatic rings. The third-order valence-electron chi connectivity index (χ3n) is 3.87. The summed E-state index contributed by atoms with van der Waals surface area (Å²) in [6.45, 7) is 6.61. The second-order valence-corrected chi connectivity index (χ2v) is 6.20. The normalized spacial score (nSPS) is 10.4. The van der Waals surface area contributed by atoms with Gasteiger partial charge in [0.15, 0.2) is 0 Å². The SMILES string of the molecule is CCCCOc1cccc(NCC(=O)Nc2cccc(OCCOCC)c2)c1. The topological polar surface area (TPSA) is 68.8 Å². The number of carbonyl (C=O) groups is 1. The molecule has 0 saturated heterocycles. The molecular weight excluding hydrogens is 356 g/mol. The summed E-state index contributed by atoms with van der Waals surface area (Å²) in [5.41, 5.74) is 1.54. The van der Waals surface area contributed by atoms with E-state index in [1.165, 1.54) is 0 Å². The van der Waals surface area contributed by atoms with Gasteiger partial charge < -0.3 is 24.8 Å². The highest BCUT2D eigenvalue weighted by atomic mass is 16.5. The Morgan fingerprint density at radius 3 is 2.29 bits per heavy atom. The van der Waals surface area contributed by atoms with Crippen molar-refractivity contribution >= 4 is 17.3 Å². The average Bonchev–Trinajstić information content (AvgIpc) is 2.71. The number of ether oxygens (including phenoxy) is 3. The number of nitrogens with one attached hydrogen (secondary N) is 2. The molecule has 1 amide bonds. The molecule has 0 aromatic heterocycles. The Labute approximate surface area is 167 Å². The van der Waals surface area contributed by atoms with Crippen molar-refractivity contribution in [3.63, 3.8) is 0 Å². The third-order valence-corrected chi connectivity index (χ3v) is 3.87. The summed E-state index contributed by atoms with van der Waals surface area (Å²) in [6, 6.07) is 15.0. The largest absolute Gasteiger partial charge is 0.494 e. The molecule has 6 heteroatoms. The Kier molecular flexibility index (Phi) is 9.72. The van der Waals surface area contributed by atoms with Crippen LogP contribution in [0.25, 0.3) is 0 Å². The molecular formula is C22H30N2O4. The Hall–Kier alpha value is -2.73. The van der Waals surface area contributed by atoms with E-state index in [0.717, 1.165) is 24.3 Å². The van der Waals surface area contributed by atoms with Gasteiger partial charge in [0.05, 0.1) is 19.8 Å². The molecule has 2 N–H and O–H groups in total. The Balaban J connectivity index is 1.78. The number of rotatable bonds is 13. The third kappa shape index (κ3) is 8.31. The van der Waals surface area contributed by atoms with Gasteiger partial charge in [-0.05, 0) is 37.6 Å². The Morgan fingerprint density at radius 2 is 1.57 bits per heavy atom. The van der Waals surface area contributed by atoms with Crippen LogP contribution in [0.3, 0.4) is 0 Å². The van der Waals surface area contributed by atoms with E-state index in [-0.39, 0.29) is 12.5 Å². The van der Waals surface area contributed by atoms with E-state index in [9.17, 15) is 4.79 Å². The van der Waals surface area contributed by atoms with Gasteiger partial charge in [0.1, 0.15) is 18.1 Å². The smallest absolute Gasteiger partial charge is 0.243 e. The van der Waals surface area contributed by atoms with Crippen LogP contribution in [0.15, 0.2) is 48.5 Å². The highest BCUT2D eigenvalue weighted by Gasteiger charge is 2.05. The van der Waals surface area contributed by atoms with Crippen LogP contribution >= 0.6 is 0 Å². The fourth-order valence-corrected chi connectivity index (χ4v) is 2.44. The summed E-state index contributed by atoms with van der Waals surface area (Å²) in [7, 11) is 0. The molecule has 6 nitrogen and oxygen atoms in total. The first kappa shape index (κ1) is 21.6. The maximum absolute atomic E-state index is 12.2. The molecule has 0 fully saturated rings. The van der Waals surface area contributed by atoms with Crippen LogP contribution in [0.5, 0.6) is 11.5 Å². The summed E-state index contributed by atoms with van der Waals surface area (Å²) < 4.78 is 16.5. The molecule has 0 heterocycles. The highest BCUT2D eigenvalue weighted by Crippen LogP contribution is 2.19. The zero-order chi connectivity index (χ0) is 20.0. The lowest BCUT2D eigenvalue weighted by molar-refractivity contribution is -0.114. The van der Waals surface area contributed by atoms with Crippen molar-refractivity contribution in [1.29, 1.82) is 0 Å². The van der Waals surface area contributed by atoms with Gasteiger partial charge in [-0.2, -0.15) is 0 Å². The molecule has 28 heavy (non-hydrogen) atoms. The minimum absolute atomic E-state index is 0.135. The fraction of sp³-hybridized carbons (Fsp3) is 0.409. The number of unbranched alkanes of at least 4 members (excludes halogenated alkanes) is 1. The Bertz CT molecular complexity index is 721. The summed E-state index contributed by atoms with van der Waals surface area (Å²) in [6.07, 6.45) is 2.12. The molecule has 152 valence electrons. The lowest BCUT2D eigenvalue weighted by atomic mass is 10.3. The van der Waals surface area contributed by atoms with Crippen LogP contribution in [0.4, 0.5) is 11.4 Å². The quantitative estimate of drug-likeness (QED) is 0.502. The monoisotopic (exact) mass is 386 g/mol. The molecule has 0 aliphatic heterocycles. The molecule has 2 aromatic carbocycles. The lowest BCUT2D eigenvalue weighted by Crippen LogP contribution is -2.21. The lowest BCUT2D eigenvalue weighted by Gasteiger charge is -2.11. The van der Waals surface area contributed by atoms with E-state index in [2.05, 4.69) is 17.6 Å². The van der Waals surface area contributed by atoms with Crippen LogP contribution in [0.1, 0.15) is 26.7 Å². The predicted molar refractivity (Wildman–Crippen MR) is 112 cm³/mol. The number of amides is 1. The van der Waals surface area contributed by atoms with Gasteiger partial charge in [-0.15, -0.1) is 0 Å². The summed E-state index contributed by atoms with van der Waals surface area (Å²) >= 11 is 0. The first-order chi connectivity index (χ1) is 13.7. The van der Waals surface area contributed by atoms with Crippen LogP contribution in [-0.4, -0.2) is 38.9 Å². The van der Waals surface area contributed by atoms with Crippen LogP contribution < -0.4 is 20.1 Å². The van der Waals surface area contributed by atoms with Crippen molar-refractivity contribution in [2.75, 3.05) is 43.6 Å². The average molecular weight is 386 g/mol. The van der Waals surface area contributed by atoms with Crippen molar-refractivity contribution < 1.29 is 19.0 Å². The van der Waals surface area contributed by atoms with Gasteiger partial charge in [0.2, 0.25) is 5.91 Å². The molecule has 0 radical (unpaired) electrons. The van der Waals surface area contributed by atoms with E-state index >= 15 is 0 Å². The van der Waals surface area contributed by atoms with Gasteiger partial charge in [-0.25, -0.2) is 0 Å². The standard InChI is InChI=1S/C22H30N2O4/c1-3-5-12-27-20-10-6-8-18(15-20)23-17-22(25)24-19-9-7-11-21(16-19)28-14-13-26-4-2/h6-11,15-16,23H,3-5,12-14,17H2,1-2H3,(H,24,25). The second kappa shape index (κ2) is 12.6. The molecule has 0 bridgehead atoms. The second-order valence-electron chi connectivity index (χ2n) is 6.20. The number of hydrogen-bond acceptors (Lipinski definition) is 5. The molecule has 2 rings (SSSR count). The van der Waals surface area contributed by atoms with Crippen molar-refractivity contribution in [3.8, 4) is 11.5 Å². The number of benzene rings is 2. The van der Waals surface area contributed by atoms with E-state index in [1.807, 2.05) is 49.4 Å². The van der Waals surface area contributed by atoms with E-state index in [4.69, 9.17) is 14.2 Å². The predicted octanol–water partition coefficient (Wildman–Crippen LogP) is 4.33. The minimum atomic E-state index is -0.135. The van der Waals surface area contributed by atoms with Crippen molar-refractivity contribution in [1.82, 2.24) is 0 Å². The number of anilines is 2. The van der Waals surface area contributed by atoms with Crippen LogP contribution in [0.2, 0.25) is 0 Å². The van der Waals surface area contributed by atoms with Crippen molar-refractivity contribution in [2.24, 2.45) is 0 Å². The zero-order valence-corrected chi connectivity index (χ0v) is 16.7. The van der Waals surface area contributed by atoms with Crippen LogP contribution in [-0.2, 0) is 9.53 Å². The first-order valence-corrected chi connectivity index (χ1v) is 9.78. The van der Waals surface area contributed by atoms with Crippen molar-refractivity contribution in [3.05, 3.63) is 48.5 Å². The minimum Gasteiger partial charge on any atom is -0.494 e. The van der Waals surface area contributed by atoms with Crippen molar-refractivity contribution in [2.45, 2.75) is 26.7 Å². The van der Waals surface area contributed by atoms with Crippen LogP contribution in [0, 0.1) is 0 Å².